The molecule has 210 valence electrons. The van der Waals surface area contributed by atoms with Crippen molar-refractivity contribution in [1.82, 2.24) is 0 Å². The van der Waals surface area contributed by atoms with Crippen molar-refractivity contribution in [3.63, 3.8) is 0 Å². The van der Waals surface area contributed by atoms with Crippen LogP contribution in [0.4, 0.5) is 0 Å². The maximum Gasteiger partial charge on any atom is 0.320 e. The summed E-state index contributed by atoms with van der Waals surface area (Å²) >= 11 is 0. The van der Waals surface area contributed by atoms with Crippen LogP contribution < -0.4 is 4.74 Å². The Morgan fingerprint density at radius 1 is 0.974 bits per heavy atom. The molecule has 38 heavy (non-hydrogen) atoms. The average Bonchev–Trinajstić information content (AvgIpc) is 2.92. The van der Waals surface area contributed by atoms with Crippen molar-refractivity contribution in [2.24, 2.45) is 34.0 Å². The first-order chi connectivity index (χ1) is 18.2. The number of fused-ring (bicyclic) bond motifs is 5. The first-order valence-electron chi connectivity index (χ1n) is 14.0. The van der Waals surface area contributed by atoms with Gasteiger partial charge >= 0.3 is 5.97 Å². The van der Waals surface area contributed by atoms with Crippen LogP contribution >= 0.6 is 0 Å². The quantitative estimate of drug-likeness (QED) is 0.325. The molecule has 0 N–H and O–H groups in total. The minimum absolute atomic E-state index is 0.0113. The van der Waals surface area contributed by atoms with Crippen LogP contribution in [-0.4, -0.2) is 52.9 Å². The van der Waals surface area contributed by atoms with Gasteiger partial charge in [-0.1, -0.05) is 26.0 Å². The van der Waals surface area contributed by atoms with Crippen LogP contribution in [0.5, 0.6) is 5.75 Å². The highest BCUT2D eigenvalue weighted by Crippen LogP contribution is 2.70. The molecule has 8 atom stereocenters. The fourth-order valence-electron chi connectivity index (χ4n) is 8.53. The lowest BCUT2D eigenvalue weighted by Crippen LogP contribution is -2.67. The largest absolute Gasteiger partial charge is 0.500 e. The molecule has 1 aromatic rings. The molecule has 3 fully saturated rings. The molecule has 4 aliphatic rings. The highest BCUT2D eigenvalue weighted by Gasteiger charge is 2.70. The van der Waals surface area contributed by atoms with Gasteiger partial charge in [-0.25, -0.2) is 0 Å². The standard InChI is InChI=1S/C31H44O7/c1-29-17-26(35-6)31(3)28(32)36-14-13-30(31,2)27(29)25(38-19-33-4)15-21-9-12-23(16-24(21)29)37-18-20-7-10-22(34-5)11-8-20/h7-8,10-11,17,21,23-25,27H,9,12-16,18-19H2,1-6H3/t21-,23+,24+,25+,27-,29-,30-,31-/m0/s1. The summed E-state index contributed by atoms with van der Waals surface area (Å²) in [4.78, 5) is 13.4. The van der Waals surface area contributed by atoms with Gasteiger partial charge in [-0.3, -0.25) is 4.79 Å². The van der Waals surface area contributed by atoms with Crippen LogP contribution in [0.3, 0.4) is 0 Å². The third-order valence-corrected chi connectivity index (χ3v) is 10.6. The smallest absolute Gasteiger partial charge is 0.320 e. The van der Waals surface area contributed by atoms with E-state index in [4.69, 9.17) is 28.4 Å². The highest BCUT2D eigenvalue weighted by molar-refractivity contribution is 5.82. The average molecular weight is 529 g/mol. The van der Waals surface area contributed by atoms with E-state index in [9.17, 15) is 4.79 Å². The normalized spacial score (nSPS) is 40.2. The predicted molar refractivity (Wildman–Crippen MR) is 142 cm³/mol. The van der Waals surface area contributed by atoms with E-state index in [1.54, 1.807) is 21.3 Å². The van der Waals surface area contributed by atoms with Gasteiger partial charge in [-0.15, -0.1) is 0 Å². The van der Waals surface area contributed by atoms with Gasteiger partial charge in [0.2, 0.25) is 0 Å². The summed E-state index contributed by atoms with van der Waals surface area (Å²) < 4.78 is 35.3. The van der Waals surface area contributed by atoms with E-state index < -0.39 is 5.41 Å². The number of ether oxygens (including phenoxy) is 6. The number of methoxy groups -OCH3 is 3. The molecule has 0 amide bonds. The predicted octanol–water partition coefficient (Wildman–Crippen LogP) is 5.52. The first kappa shape index (κ1) is 27.5. The molecular formula is C31H44O7. The van der Waals surface area contributed by atoms with E-state index in [2.05, 4.69) is 32.1 Å². The molecule has 1 aliphatic heterocycles. The summed E-state index contributed by atoms with van der Waals surface area (Å²) in [5.41, 5.74) is -0.306. The first-order valence-corrected chi connectivity index (χ1v) is 14.0. The minimum atomic E-state index is -0.857. The summed E-state index contributed by atoms with van der Waals surface area (Å²) in [7, 11) is 5.04. The van der Waals surface area contributed by atoms with E-state index in [0.717, 1.165) is 49.2 Å². The van der Waals surface area contributed by atoms with Crippen LogP contribution in [0.2, 0.25) is 0 Å². The Labute approximate surface area is 227 Å². The lowest BCUT2D eigenvalue weighted by molar-refractivity contribution is -0.237. The summed E-state index contributed by atoms with van der Waals surface area (Å²) in [6.07, 6.45) is 7.30. The van der Waals surface area contributed by atoms with Gasteiger partial charge in [-0.2, -0.15) is 0 Å². The second-order valence-corrected chi connectivity index (χ2v) is 12.3. The number of hydrogen-bond donors (Lipinski definition) is 0. The van der Waals surface area contributed by atoms with Gasteiger partial charge in [0.25, 0.3) is 0 Å². The monoisotopic (exact) mass is 528 g/mol. The maximum absolute atomic E-state index is 13.4. The van der Waals surface area contributed by atoms with Crippen LogP contribution in [0.1, 0.15) is 58.4 Å². The van der Waals surface area contributed by atoms with Crippen molar-refractivity contribution in [2.75, 3.05) is 34.7 Å². The van der Waals surface area contributed by atoms with E-state index in [1.165, 1.54) is 0 Å². The number of carbonyl (C=O) groups excluding carboxylic acids is 1. The van der Waals surface area contributed by atoms with Gasteiger partial charge in [0.15, 0.2) is 0 Å². The molecule has 1 heterocycles. The number of allylic oxidation sites excluding steroid dienone is 1. The van der Waals surface area contributed by atoms with Crippen molar-refractivity contribution >= 4 is 5.97 Å². The Hall–Kier alpha value is -2.09. The molecule has 1 saturated heterocycles. The third kappa shape index (κ3) is 4.25. The number of esters is 1. The van der Waals surface area contributed by atoms with E-state index >= 15 is 0 Å². The van der Waals surface area contributed by atoms with E-state index in [-0.39, 0.29) is 41.7 Å². The van der Waals surface area contributed by atoms with Crippen LogP contribution in [0.15, 0.2) is 36.1 Å². The summed E-state index contributed by atoms with van der Waals surface area (Å²) in [5, 5.41) is 0. The van der Waals surface area contributed by atoms with Crippen molar-refractivity contribution in [2.45, 2.75) is 71.7 Å². The van der Waals surface area contributed by atoms with Crippen molar-refractivity contribution in [3.8, 4) is 5.75 Å². The summed E-state index contributed by atoms with van der Waals surface area (Å²) in [5.74, 6) is 2.41. The molecule has 7 heteroatoms. The molecule has 7 nitrogen and oxygen atoms in total. The number of hydrogen-bond acceptors (Lipinski definition) is 7. The number of cyclic esters (lactones) is 1. The SMILES string of the molecule is COCO[C@@H]1C[C@@H]2CC[C@@H](OCc3ccc(OC)cc3)C[C@H]2[C@]2(C)C=C(OC)[C@@]3(C)C(=O)OCC[C@@]3(C)[C@@H]12. The summed E-state index contributed by atoms with van der Waals surface area (Å²) in [6, 6.07) is 8.10. The van der Waals surface area contributed by atoms with Crippen molar-refractivity contribution < 1.29 is 33.2 Å². The van der Waals surface area contributed by atoms with E-state index in [0.29, 0.717) is 25.0 Å². The topological polar surface area (TPSA) is 72.5 Å². The molecule has 2 saturated carbocycles. The lowest BCUT2D eigenvalue weighted by Gasteiger charge is -2.66. The Balaban J connectivity index is 1.47. The lowest BCUT2D eigenvalue weighted by atomic mass is 9.39. The Morgan fingerprint density at radius 3 is 2.42 bits per heavy atom. The minimum Gasteiger partial charge on any atom is -0.500 e. The van der Waals surface area contributed by atoms with Crippen LogP contribution in [0.25, 0.3) is 0 Å². The van der Waals surface area contributed by atoms with Gasteiger partial charge in [0.05, 0.1) is 39.6 Å². The molecular weight excluding hydrogens is 484 g/mol. The van der Waals surface area contributed by atoms with Gasteiger partial charge in [0.1, 0.15) is 23.7 Å². The number of carbonyl (C=O) groups is 1. The zero-order chi connectivity index (χ0) is 27.1. The molecule has 0 spiro atoms. The molecule has 5 rings (SSSR count). The zero-order valence-corrected chi connectivity index (χ0v) is 23.8. The zero-order valence-electron chi connectivity index (χ0n) is 23.8. The fourth-order valence-corrected chi connectivity index (χ4v) is 8.53. The summed E-state index contributed by atoms with van der Waals surface area (Å²) in [6.45, 7) is 7.89. The number of benzene rings is 1. The molecule has 0 bridgehead atoms. The highest BCUT2D eigenvalue weighted by atomic mass is 16.7. The fraction of sp³-hybridized carbons (Fsp3) is 0.710. The number of rotatable bonds is 8. The Kier molecular flexibility index (Phi) is 7.57. The van der Waals surface area contributed by atoms with E-state index in [1.807, 2.05) is 19.1 Å². The molecule has 3 aliphatic carbocycles. The van der Waals surface area contributed by atoms with Crippen LogP contribution in [-0.2, 0) is 35.1 Å². The molecule has 0 aromatic heterocycles. The van der Waals surface area contributed by atoms with Crippen molar-refractivity contribution in [3.05, 3.63) is 41.7 Å². The molecule has 0 radical (unpaired) electrons. The molecule has 1 aromatic carbocycles. The van der Waals surface area contributed by atoms with Crippen molar-refractivity contribution in [1.29, 1.82) is 0 Å². The maximum atomic E-state index is 13.4. The second-order valence-electron chi connectivity index (χ2n) is 12.3. The van der Waals surface area contributed by atoms with Crippen LogP contribution in [0, 0.1) is 34.0 Å². The van der Waals surface area contributed by atoms with Gasteiger partial charge in [0, 0.05) is 13.0 Å². The Bertz CT molecular complexity index is 1040. The third-order valence-electron chi connectivity index (χ3n) is 10.6. The van der Waals surface area contributed by atoms with Gasteiger partial charge < -0.3 is 28.4 Å². The van der Waals surface area contributed by atoms with Gasteiger partial charge in [-0.05, 0) is 85.5 Å². The second kappa shape index (κ2) is 10.5. The Morgan fingerprint density at radius 2 is 1.74 bits per heavy atom. The molecule has 0 unspecified atom stereocenters.